The molecule has 0 spiro atoms. The number of hydrogen-bond acceptors (Lipinski definition) is 5. The average Bonchev–Trinajstić information content (AvgIpc) is 2.52. The first-order valence-corrected chi connectivity index (χ1v) is 6.43. The number of rotatable bonds is 6. The fraction of sp³-hybridized carbons (Fsp3) is 0.188. The molecule has 0 unspecified atom stereocenters. The molecule has 110 valence electrons. The molecule has 0 bridgehead atoms. The third kappa shape index (κ3) is 3.97. The molecule has 0 atom stereocenters. The lowest BCUT2D eigenvalue weighted by Crippen LogP contribution is -2.11. The fourth-order valence-electron chi connectivity index (χ4n) is 1.81. The Kier molecular flexibility index (Phi) is 5.17. The first-order valence-electron chi connectivity index (χ1n) is 6.43. The van der Waals surface area contributed by atoms with Gasteiger partial charge in [0.05, 0.1) is 25.0 Å². The summed E-state index contributed by atoms with van der Waals surface area (Å²) in [4.78, 5) is 11.9. The standard InChI is InChI=1S/C16H17NO4/c1-19-14-9-5-8-13(15(14)17)16(18)21-11-20-10-12-6-3-2-4-7-12/h2-9H,10-11,17H2,1H3. The van der Waals surface area contributed by atoms with Gasteiger partial charge in [0.2, 0.25) is 0 Å². The third-order valence-electron chi connectivity index (χ3n) is 2.89. The van der Waals surface area contributed by atoms with Gasteiger partial charge in [-0.3, -0.25) is 0 Å². The van der Waals surface area contributed by atoms with Crippen LogP contribution in [0.5, 0.6) is 5.75 Å². The van der Waals surface area contributed by atoms with Crippen molar-refractivity contribution in [2.24, 2.45) is 0 Å². The Balaban J connectivity index is 1.85. The number of nitrogen functional groups attached to an aromatic ring is 1. The van der Waals surface area contributed by atoms with Crippen molar-refractivity contribution in [3.05, 3.63) is 59.7 Å². The van der Waals surface area contributed by atoms with Crippen LogP contribution >= 0.6 is 0 Å². The van der Waals surface area contributed by atoms with E-state index >= 15 is 0 Å². The Hall–Kier alpha value is -2.53. The van der Waals surface area contributed by atoms with Gasteiger partial charge in [0, 0.05) is 0 Å². The molecule has 0 aliphatic rings. The van der Waals surface area contributed by atoms with Crippen LogP contribution in [0, 0.1) is 0 Å². The van der Waals surface area contributed by atoms with E-state index in [9.17, 15) is 4.79 Å². The molecule has 0 fully saturated rings. The highest BCUT2D eigenvalue weighted by molar-refractivity contribution is 5.96. The number of methoxy groups -OCH3 is 1. The van der Waals surface area contributed by atoms with Gasteiger partial charge < -0.3 is 19.9 Å². The van der Waals surface area contributed by atoms with E-state index in [1.54, 1.807) is 18.2 Å². The van der Waals surface area contributed by atoms with Crippen molar-refractivity contribution >= 4 is 11.7 Å². The van der Waals surface area contributed by atoms with Gasteiger partial charge in [-0.15, -0.1) is 0 Å². The molecule has 2 rings (SSSR count). The fourth-order valence-corrected chi connectivity index (χ4v) is 1.81. The normalized spacial score (nSPS) is 10.1. The van der Waals surface area contributed by atoms with Crippen molar-refractivity contribution in [1.29, 1.82) is 0 Å². The van der Waals surface area contributed by atoms with Crippen molar-refractivity contribution in [2.45, 2.75) is 6.61 Å². The van der Waals surface area contributed by atoms with Crippen LogP contribution in [0.4, 0.5) is 5.69 Å². The SMILES string of the molecule is COc1cccc(C(=O)OCOCc2ccccc2)c1N. The van der Waals surface area contributed by atoms with E-state index in [-0.39, 0.29) is 18.0 Å². The van der Waals surface area contributed by atoms with E-state index in [2.05, 4.69) is 0 Å². The van der Waals surface area contributed by atoms with Crippen LogP contribution < -0.4 is 10.5 Å². The summed E-state index contributed by atoms with van der Waals surface area (Å²) in [5, 5.41) is 0. The number of anilines is 1. The van der Waals surface area contributed by atoms with Gasteiger partial charge in [-0.1, -0.05) is 36.4 Å². The Morgan fingerprint density at radius 3 is 2.57 bits per heavy atom. The molecule has 5 heteroatoms. The van der Waals surface area contributed by atoms with Gasteiger partial charge in [0.25, 0.3) is 0 Å². The van der Waals surface area contributed by atoms with E-state index in [0.29, 0.717) is 12.4 Å². The number of benzene rings is 2. The summed E-state index contributed by atoms with van der Waals surface area (Å²) in [6.07, 6.45) is 0. The summed E-state index contributed by atoms with van der Waals surface area (Å²) in [7, 11) is 1.49. The van der Waals surface area contributed by atoms with Gasteiger partial charge in [-0.25, -0.2) is 4.79 Å². The molecule has 21 heavy (non-hydrogen) atoms. The number of ether oxygens (including phenoxy) is 3. The van der Waals surface area contributed by atoms with Crippen LogP contribution in [0.2, 0.25) is 0 Å². The number of nitrogens with two attached hydrogens (primary N) is 1. The summed E-state index contributed by atoms with van der Waals surface area (Å²) in [6, 6.07) is 14.6. The summed E-state index contributed by atoms with van der Waals surface area (Å²) < 4.78 is 15.4. The molecule has 2 aromatic rings. The van der Waals surface area contributed by atoms with Crippen LogP contribution in [0.3, 0.4) is 0 Å². The second-order valence-electron chi connectivity index (χ2n) is 4.31. The quantitative estimate of drug-likeness (QED) is 0.383. The Bertz CT molecular complexity index is 598. The van der Waals surface area contributed by atoms with E-state index in [1.807, 2.05) is 30.3 Å². The minimum atomic E-state index is -0.542. The monoisotopic (exact) mass is 287 g/mol. The van der Waals surface area contributed by atoms with Gasteiger partial charge in [-0.2, -0.15) is 0 Å². The molecule has 0 amide bonds. The molecule has 2 N–H and O–H groups in total. The second kappa shape index (κ2) is 7.31. The molecule has 0 aromatic heterocycles. The van der Waals surface area contributed by atoms with Gasteiger partial charge >= 0.3 is 5.97 Å². The second-order valence-corrected chi connectivity index (χ2v) is 4.31. The molecule has 0 heterocycles. The highest BCUT2D eigenvalue weighted by Gasteiger charge is 2.14. The van der Waals surface area contributed by atoms with E-state index in [4.69, 9.17) is 19.9 Å². The van der Waals surface area contributed by atoms with Gasteiger partial charge in [0.15, 0.2) is 6.79 Å². The van der Waals surface area contributed by atoms with Crippen LogP contribution in [0.15, 0.2) is 48.5 Å². The predicted octanol–water partition coefficient (Wildman–Crippen LogP) is 2.61. The van der Waals surface area contributed by atoms with Crippen LogP contribution in [-0.4, -0.2) is 19.9 Å². The topological polar surface area (TPSA) is 70.8 Å². The first-order chi connectivity index (χ1) is 10.2. The maximum atomic E-state index is 11.9. The van der Waals surface area contributed by atoms with Crippen LogP contribution in [-0.2, 0) is 16.1 Å². The zero-order valence-electron chi connectivity index (χ0n) is 11.7. The lowest BCUT2D eigenvalue weighted by molar-refractivity contribution is -0.0380. The smallest absolute Gasteiger partial charge is 0.342 e. The Labute approximate surface area is 123 Å². The molecule has 5 nitrogen and oxygen atoms in total. The minimum Gasteiger partial charge on any atom is -0.495 e. The van der Waals surface area contributed by atoms with Gasteiger partial charge in [0.1, 0.15) is 5.75 Å². The van der Waals surface area contributed by atoms with Crippen molar-refractivity contribution in [1.82, 2.24) is 0 Å². The molecule has 0 radical (unpaired) electrons. The average molecular weight is 287 g/mol. The van der Waals surface area contributed by atoms with Crippen molar-refractivity contribution < 1.29 is 19.0 Å². The van der Waals surface area contributed by atoms with Crippen molar-refractivity contribution in [3.63, 3.8) is 0 Å². The molecule has 0 saturated heterocycles. The maximum absolute atomic E-state index is 11.9. The minimum absolute atomic E-state index is 0.135. The summed E-state index contributed by atoms with van der Waals surface area (Å²) >= 11 is 0. The molecule has 0 aliphatic heterocycles. The number of para-hydroxylation sites is 1. The molecule has 0 saturated carbocycles. The highest BCUT2D eigenvalue weighted by Crippen LogP contribution is 2.25. The lowest BCUT2D eigenvalue weighted by Gasteiger charge is -2.10. The third-order valence-corrected chi connectivity index (χ3v) is 2.89. The van der Waals surface area contributed by atoms with Crippen molar-refractivity contribution in [2.75, 3.05) is 19.6 Å². The summed E-state index contributed by atoms with van der Waals surface area (Å²) in [5.74, 6) is -0.103. The molecule has 0 aliphatic carbocycles. The Morgan fingerprint density at radius 2 is 1.86 bits per heavy atom. The molecule has 2 aromatic carbocycles. The molecular formula is C16H17NO4. The predicted molar refractivity (Wildman–Crippen MR) is 78.9 cm³/mol. The van der Waals surface area contributed by atoms with E-state index in [0.717, 1.165) is 5.56 Å². The van der Waals surface area contributed by atoms with E-state index < -0.39 is 5.97 Å². The zero-order valence-corrected chi connectivity index (χ0v) is 11.7. The Morgan fingerprint density at radius 1 is 1.10 bits per heavy atom. The van der Waals surface area contributed by atoms with Crippen molar-refractivity contribution in [3.8, 4) is 5.75 Å². The number of esters is 1. The highest BCUT2D eigenvalue weighted by atomic mass is 16.7. The van der Waals surface area contributed by atoms with Crippen LogP contribution in [0.1, 0.15) is 15.9 Å². The van der Waals surface area contributed by atoms with Gasteiger partial charge in [-0.05, 0) is 17.7 Å². The number of carbonyl (C=O) groups excluding carboxylic acids is 1. The number of hydrogen-bond donors (Lipinski definition) is 1. The number of carbonyl (C=O) groups is 1. The summed E-state index contributed by atoms with van der Waals surface area (Å²) in [6.45, 7) is 0.242. The molecular weight excluding hydrogens is 270 g/mol. The lowest BCUT2D eigenvalue weighted by atomic mass is 10.1. The largest absolute Gasteiger partial charge is 0.495 e. The zero-order chi connectivity index (χ0) is 15.1. The first kappa shape index (κ1) is 14.9. The maximum Gasteiger partial charge on any atom is 0.342 e. The summed E-state index contributed by atoms with van der Waals surface area (Å²) in [5.41, 5.74) is 7.35. The van der Waals surface area contributed by atoms with Crippen LogP contribution in [0.25, 0.3) is 0 Å². The van der Waals surface area contributed by atoms with E-state index in [1.165, 1.54) is 7.11 Å².